The van der Waals surface area contributed by atoms with Crippen molar-refractivity contribution in [2.24, 2.45) is 14.1 Å². The molecule has 0 atom stereocenters. The van der Waals surface area contributed by atoms with Crippen LogP contribution in [0.15, 0.2) is 42.5 Å². The first-order valence-corrected chi connectivity index (χ1v) is 9.94. The van der Waals surface area contributed by atoms with Gasteiger partial charge in [0.05, 0.1) is 5.69 Å². The number of aromatic nitrogens is 2. The number of hydrogen-bond acceptors (Lipinski definition) is 2. The van der Waals surface area contributed by atoms with Gasteiger partial charge in [-0.05, 0) is 24.6 Å². The Balaban J connectivity index is 2.21. The van der Waals surface area contributed by atoms with E-state index in [9.17, 15) is 19.3 Å². The highest BCUT2D eigenvalue weighted by Gasteiger charge is 2.80. The third-order valence-corrected chi connectivity index (χ3v) is 6.25. The zero-order valence-corrected chi connectivity index (χ0v) is 18.1. The first-order chi connectivity index (χ1) is 15.8. The lowest BCUT2D eigenvalue weighted by Gasteiger charge is -2.26. The summed E-state index contributed by atoms with van der Waals surface area (Å²) in [5.74, 6) is -16.3. The van der Waals surface area contributed by atoms with Gasteiger partial charge >= 0.3 is 17.8 Å². The number of alkyl halides is 6. The zero-order chi connectivity index (χ0) is 25.2. The van der Waals surface area contributed by atoms with E-state index in [-0.39, 0.29) is 28.3 Å². The molecule has 3 aromatic rings. The largest absolute Gasteiger partial charge is 0.380 e. The third kappa shape index (κ3) is 2.78. The summed E-state index contributed by atoms with van der Waals surface area (Å²) in [6.45, 7) is 1.27. The van der Waals surface area contributed by atoms with E-state index in [1.54, 1.807) is 30.3 Å². The normalized spacial score (nSPS) is 18.1. The maximum absolute atomic E-state index is 15.3. The fourth-order valence-electron chi connectivity index (χ4n) is 4.34. The fourth-order valence-corrected chi connectivity index (χ4v) is 4.34. The second-order valence-corrected chi connectivity index (χ2v) is 8.00. The molecule has 0 unspecified atom stereocenters. The Hall–Kier alpha value is -3.92. The molecule has 1 aliphatic carbocycles. The fraction of sp³-hybridized carbons (Fsp3) is 0.250. The molecular weight excluding hydrogens is 458 g/mol. The Morgan fingerprint density at radius 1 is 0.735 bits per heavy atom. The van der Waals surface area contributed by atoms with Gasteiger partial charge < -0.3 is 9.13 Å². The molecule has 0 saturated carbocycles. The quantitative estimate of drug-likeness (QED) is 0.443. The lowest BCUT2D eigenvalue weighted by Crippen LogP contribution is -2.48. The Morgan fingerprint density at radius 3 is 1.71 bits per heavy atom. The molecule has 10 heteroatoms. The van der Waals surface area contributed by atoms with Gasteiger partial charge in [-0.25, -0.2) is 0 Å². The molecule has 0 aliphatic heterocycles. The van der Waals surface area contributed by atoms with E-state index >= 15 is 17.6 Å². The Bertz CT molecular complexity index is 1430. The lowest BCUT2D eigenvalue weighted by molar-refractivity contribution is -0.254. The average molecular weight is 474 g/mol. The van der Waals surface area contributed by atoms with Crippen molar-refractivity contribution in [2.75, 3.05) is 0 Å². The van der Waals surface area contributed by atoms with Crippen LogP contribution in [-0.4, -0.2) is 26.9 Å². The number of benzene rings is 1. The van der Waals surface area contributed by atoms with E-state index in [4.69, 9.17) is 0 Å². The molecule has 0 bridgehead atoms. The van der Waals surface area contributed by atoms with Gasteiger partial charge in [-0.3, -0.25) is 0 Å². The van der Waals surface area contributed by atoms with E-state index < -0.39 is 40.0 Å². The molecule has 1 aliphatic rings. The van der Waals surface area contributed by atoms with Crippen molar-refractivity contribution in [1.82, 2.24) is 9.13 Å². The van der Waals surface area contributed by atoms with Gasteiger partial charge in [-0.2, -0.15) is 36.9 Å². The molecule has 2 aromatic heterocycles. The predicted octanol–water partition coefficient (Wildman–Crippen LogP) is 5.91. The standard InChI is InChI=1S/C24H16F6N4/c1-13-17(9-15(11-31)33(13)2)19-20(23(27,28)24(29,30)22(19,25)26)18-10-16(12-32)34(3)21(18)14-7-5-4-6-8-14/h4-10H,1-3H3. The molecule has 0 spiro atoms. The number of allylic oxidation sites excluding steroid dienone is 2. The summed E-state index contributed by atoms with van der Waals surface area (Å²) < 4.78 is 92.8. The number of hydrogen-bond donors (Lipinski definition) is 0. The van der Waals surface area contributed by atoms with Gasteiger partial charge in [0.25, 0.3) is 0 Å². The first kappa shape index (κ1) is 23.2. The summed E-state index contributed by atoms with van der Waals surface area (Å²) >= 11 is 0. The summed E-state index contributed by atoms with van der Waals surface area (Å²) in [6, 6.07) is 13.1. The van der Waals surface area contributed by atoms with Crippen LogP contribution >= 0.6 is 0 Å². The van der Waals surface area contributed by atoms with Gasteiger partial charge in [0, 0.05) is 42.1 Å². The van der Waals surface area contributed by atoms with Gasteiger partial charge in [-0.1, -0.05) is 30.3 Å². The highest BCUT2D eigenvalue weighted by atomic mass is 19.3. The minimum atomic E-state index is -5.75. The van der Waals surface area contributed by atoms with Crippen molar-refractivity contribution in [3.05, 3.63) is 70.7 Å². The van der Waals surface area contributed by atoms with Crippen molar-refractivity contribution in [1.29, 1.82) is 10.5 Å². The van der Waals surface area contributed by atoms with Crippen LogP contribution in [-0.2, 0) is 14.1 Å². The topological polar surface area (TPSA) is 57.4 Å². The Morgan fingerprint density at radius 2 is 1.21 bits per heavy atom. The van der Waals surface area contributed by atoms with Crippen LogP contribution < -0.4 is 0 Å². The molecule has 174 valence electrons. The Labute approximate surface area is 190 Å². The summed E-state index contributed by atoms with van der Waals surface area (Å²) in [5, 5.41) is 18.7. The smallest absolute Gasteiger partial charge is 0.339 e. The van der Waals surface area contributed by atoms with Crippen LogP contribution in [0.3, 0.4) is 0 Å². The van der Waals surface area contributed by atoms with Crippen LogP contribution in [0.1, 0.15) is 28.2 Å². The molecule has 0 N–H and O–H groups in total. The van der Waals surface area contributed by atoms with E-state index in [0.717, 1.165) is 16.7 Å². The molecular formula is C24H16F6N4. The lowest BCUT2D eigenvalue weighted by atomic mass is 9.93. The molecule has 4 nitrogen and oxygen atoms in total. The number of nitriles is 2. The second-order valence-electron chi connectivity index (χ2n) is 8.00. The maximum Gasteiger partial charge on any atom is 0.380 e. The van der Waals surface area contributed by atoms with Gasteiger partial charge in [-0.15, -0.1) is 0 Å². The molecule has 34 heavy (non-hydrogen) atoms. The monoisotopic (exact) mass is 474 g/mol. The van der Waals surface area contributed by atoms with Crippen molar-refractivity contribution in [3.8, 4) is 23.4 Å². The molecule has 0 saturated heterocycles. The number of halogens is 6. The van der Waals surface area contributed by atoms with E-state index in [1.807, 2.05) is 0 Å². The van der Waals surface area contributed by atoms with Crippen molar-refractivity contribution in [3.63, 3.8) is 0 Å². The van der Waals surface area contributed by atoms with Gasteiger partial charge in [0.2, 0.25) is 0 Å². The van der Waals surface area contributed by atoms with Gasteiger partial charge in [0.1, 0.15) is 23.5 Å². The number of rotatable bonds is 3. The molecule has 4 rings (SSSR count). The van der Waals surface area contributed by atoms with Crippen molar-refractivity contribution < 1.29 is 26.3 Å². The minimum Gasteiger partial charge on any atom is -0.339 e. The molecule has 0 radical (unpaired) electrons. The SMILES string of the molecule is Cc1c(C2=C(c3cc(C#N)n(C)c3-c3ccccc3)C(F)(F)C(F)(F)C2(F)F)cc(C#N)n1C. The molecule has 0 amide bonds. The summed E-state index contributed by atoms with van der Waals surface area (Å²) in [5.41, 5.74) is -4.56. The van der Waals surface area contributed by atoms with Gasteiger partial charge in [0.15, 0.2) is 0 Å². The van der Waals surface area contributed by atoms with Crippen molar-refractivity contribution >= 4 is 11.1 Å². The second kappa shape index (κ2) is 7.29. The average Bonchev–Trinajstić information content (AvgIpc) is 3.30. The Kier molecular flexibility index (Phi) is 4.98. The maximum atomic E-state index is 15.3. The summed E-state index contributed by atoms with van der Waals surface area (Å²) in [6.07, 6.45) is 0. The van der Waals surface area contributed by atoms with E-state index in [2.05, 4.69) is 0 Å². The van der Waals surface area contributed by atoms with Crippen LogP contribution in [0.4, 0.5) is 26.3 Å². The summed E-state index contributed by atoms with van der Waals surface area (Å²) in [7, 11) is 2.70. The predicted molar refractivity (Wildman–Crippen MR) is 112 cm³/mol. The van der Waals surface area contributed by atoms with E-state index in [1.165, 1.54) is 37.7 Å². The molecule has 2 heterocycles. The van der Waals surface area contributed by atoms with Crippen LogP contribution in [0, 0.1) is 29.6 Å². The third-order valence-electron chi connectivity index (χ3n) is 6.25. The minimum absolute atomic E-state index is 0.0603. The number of nitrogens with zero attached hydrogens (tertiary/aromatic N) is 4. The van der Waals surface area contributed by atoms with Crippen LogP contribution in [0.25, 0.3) is 22.4 Å². The molecule has 1 aromatic carbocycles. The highest BCUT2D eigenvalue weighted by molar-refractivity contribution is 6.04. The van der Waals surface area contributed by atoms with Crippen LogP contribution in [0.5, 0.6) is 0 Å². The molecule has 0 fully saturated rings. The van der Waals surface area contributed by atoms with Crippen molar-refractivity contribution in [2.45, 2.75) is 24.7 Å². The van der Waals surface area contributed by atoms with E-state index in [0.29, 0.717) is 0 Å². The van der Waals surface area contributed by atoms with Crippen LogP contribution in [0.2, 0.25) is 0 Å². The summed E-state index contributed by atoms with van der Waals surface area (Å²) in [4.78, 5) is 0. The first-order valence-electron chi connectivity index (χ1n) is 9.94. The highest BCUT2D eigenvalue weighted by Crippen LogP contribution is 2.65. The zero-order valence-electron chi connectivity index (χ0n) is 18.1.